The number of carbonyl (C=O) groups excluding carboxylic acids is 1. The quantitative estimate of drug-likeness (QED) is 0.525. The maximum absolute atomic E-state index is 13.0. The summed E-state index contributed by atoms with van der Waals surface area (Å²) < 4.78 is 5.96. The summed E-state index contributed by atoms with van der Waals surface area (Å²) >= 11 is 0. The summed E-state index contributed by atoms with van der Waals surface area (Å²) in [4.78, 5) is 19.2. The molecule has 152 valence electrons. The fourth-order valence-electron chi connectivity index (χ4n) is 3.79. The number of aryl methyl sites for hydroxylation is 3. The molecule has 0 radical (unpaired) electrons. The van der Waals surface area contributed by atoms with Gasteiger partial charge in [-0.1, -0.05) is 30.7 Å². The molecule has 0 saturated heterocycles. The van der Waals surface area contributed by atoms with Crippen molar-refractivity contribution >= 4 is 5.91 Å². The maximum atomic E-state index is 13.0. The molecule has 4 nitrogen and oxygen atoms in total. The number of aromatic nitrogens is 1. The van der Waals surface area contributed by atoms with Crippen LogP contribution in [0.3, 0.4) is 0 Å². The van der Waals surface area contributed by atoms with Gasteiger partial charge in [-0.05, 0) is 68.1 Å². The minimum absolute atomic E-state index is 0.0496. The number of pyridine rings is 1. The van der Waals surface area contributed by atoms with Crippen LogP contribution in [-0.4, -0.2) is 28.9 Å². The number of carbonyl (C=O) groups is 1. The fourth-order valence-corrected chi connectivity index (χ4v) is 3.79. The molecule has 1 amide bonds. The lowest BCUT2D eigenvalue weighted by atomic mass is 9.97. The van der Waals surface area contributed by atoms with Crippen LogP contribution in [0.15, 0.2) is 53.1 Å². The first-order valence-electron chi connectivity index (χ1n) is 10.3. The van der Waals surface area contributed by atoms with E-state index in [2.05, 4.69) is 44.8 Å². The molecule has 0 aliphatic rings. The zero-order valence-electron chi connectivity index (χ0n) is 17.9. The second kappa shape index (κ2) is 9.55. The van der Waals surface area contributed by atoms with Crippen molar-refractivity contribution in [3.05, 3.63) is 88.1 Å². The van der Waals surface area contributed by atoms with Crippen LogP contribution in [0.5, 0.6) is 0 Å². The zero-order valence-corrected chi connectivity index (χ0v) is 17.9. The third-order valence-electron chi connectivity index (χ3n) is 5.21. The molecule has 0 fully saturated rings. The molecule has 0 spiro atoms. The van der Waals surface area contributed by atoms with Gasteiger partial charge in [-0.2, -0.15) is 0 Å². The number of hydrogen-bond acceptors (Lipinski definition) is 3. The Kier molecular flexibility index (Phi) is 6.86. The highest BCUT2D eigenvalue weighted by molar-refractivity contribution is 5.91. The molecular weight excluding hydrogens is 360 g/mol. The van der Waals surface area contributed by atoms with Crippen molar-refractivity contribution in [2.75, 3.05) is 13.1 Å². The van der Waals surface area contributed by atoms with Gasteiger partial charge in [-0.25, -0.2) is 0 Å². The average Bonchev–Trinajstić information content (AvgIpc) is 3.17. The van der Waals surface area contributed by atoms with Gasteiger partial charge in [-0.15, -0.1) is 0 Å². The lowest BCUT2D eigenvalue weighted by Gasteiger charge is -2.20. The summed E-state index contributed by atoms with van der Waals surface area (Å²) in [5, 5.41) is 0. The average molecular weight is 391 g/mol. The van der Waals surface area contributed by atoms with Gasteiger partial charge in [-0.3, -0.25) is 9.78 Å². The smallest absolute Gasteiger partial charge is 0.289 e. The summed E-state index contributed by atoms with van der Waals surface area (Å²) in [6, 6.07) is 14.0. The van der Waals surface area contributed by atoms with Crippen molar-refractivity contribution < 1.29 is 9.21 Å². The fraction of sp³-hybridized carbons (Fsp3) is 0.360. The lowest BCUT2D eigenvalue weighted by molar-refractivity contribution is 0.0723. The molecule has 2 aromatic heterocycles. The predicted octanol–water partition coefficient (Wildman–Crippen LogP) is 5.29. The third-order valence-corrected chi connectivity index (χ3v) is 5.21. The first kappa shape index (κ1) is 20.8. The number of benzene rings is 1. The highest BCUT2D eigenvalue weighted by atomic mass is 16.4. The Morgan fingerprint density at radius 1 is 1.03 bits per heavy atom. The van der Waals surface area contributed by atoms with Gasteiger partial charge in [0.05, 0.1) is 0 Å². The molecule has 0 N–H and O–H groups in total. The van der Waals surface area contributed by atoms with E-state index < -0.39 is 0 Å². The van der Waals surface area contributed by atoms with Crippen LogP contribution in [0.1, 0.15) is 57.6 Å². The van der Waals surface area contributed by atoms with Gasteiger partial charge < -0.3 is 9.32 Å². The summed E-state index contributed by atoms with van der Waals surface area (Å²) in [5.41, 5.74) is 6.04. The molecule has 0 bridgehead atoms. The standard InChI is InChI=1S/C25H30N2O2/c1-5-13-27(14-11-21-8-6-7-12-26-21)25(28)24-10-9-22(29-24)17-23-19(3)15-18(2)16-20(23)4/h6-10,12,15-16H,5,11,13-14,17H2,1-4H3. The Bertz CT molecular complexity index is 937. The molecule has 2 heterocycles. The van der Waals surface area contributed by atoms with E-state index in [1.807, 2.05) is 29.2 Å². The van der Waals surface area contributed by atoms with Crippen molar-refractivity contribution in [1.29, 1.82) is 0 Å². The highest BCUT2D eigenvalue weighted by Crippen LogP contribution is 2.22. The molecule has 0 atom stereocenters. The summed E-state index contributed by atoms with van der Waals surface area (Å²) in [7, 11) is 0. The third kappa shape index (κ3) is 5.35. The summed E-state index contributed by atoms with van der Waals surface area (Å²) in [6.07, 6.45) is 4.13. The summed E-state index contributed by atoms with van der Waals surface area (Å²) in [5.74, 6) is 1.19. The molecule has 1 aromatic carbocycles. The minimum Gasteiger partial charge on any atom is -0.456 e. The largest absolute Gasteiger partial charge is 0.456 e. The molecular formula is C25H30N2O2. The van der Waals surface area contributed by atoms with Crippen molar-refractivity contribution in [3.8, 4) is 0 Å². The van der Waals surface area contributed by atoms with E-state index in [4.69, 9.17) is 4.42 Å². The molecule has 29 heavy (non-hydrogen) atoms. The molecule has 0 unspecified atom stereocenters. The minimum atomic E-state index is -0.0496. The van der Waals surface area contributed by atoms with Crippen LogP contribution in [0.25, 0.3) is 0 Å². The van der Waals surface area contributed by atoms with Gasteiger partial charge in [0.2, 0.25) is 0 Å². The van der Waals surface area contributed by atoms with Gasteiger partial charge in [0.25, 0.3) is 5.91 Å². The van der Waals surface area contributed by atoms with E-state index in [1.54, 1.807) is 12.3 Å². The van der Waals surface area contributed by atoms with E-state index in [0.717, 1.165) is 24.3 Å². The van der Waals surface area contributed by atoms with Gasteiger partial charge in [0, 0.05) is 37.8 Å². The van der Waals surface area contributed by atoms with E-state index >= 15 is 0 Å². The zero-order chi connectivity index (χ0) is 20.8. The summed E-state index contributed by atoms with van der Waals surface area (Å²) in [6.45, 7) is 9.79. The number of furan rings is 1. The van der Waals surface area contributed by atoms with Crippen LogP contribution in [-0.2, 0) is 12.8 Å². The van der Waals surface area contributed by atoms with E-state index in [1.165, 1.54) is 22.3 Å². The SMILES string of the molecule is CCCN(CCc1ccccn1)C(=O)c1ccc(Cc2c(C)cc(C)cc2C)o1. The first-order chi connectivity index (χ1) is 14.0. The molecule has 4 heteroatoms. The number of hydrogen-bond donors (Lipinski definition) is 0. The van der Waals surface area contributed by atoms with E-state index in [-0.39, 0.29) is 5.91 Å². The monoisotopic (exact) mass is 390 g/mol. The Hall–Kier alpha value is -2.88. The normalized spacial score (nSPS) is 10.9. The second-order valence-electron chi connectivity index (χ2n) is 7.68. The van der Waals surface area contributed by atoms with Crippen LogP contribution >= 0.6 is 0 Å². The van der Waals surface area contributed by atoms with Gasteiger partial charge >= 0.3 is 0 Å². The first-order valence-corrected chi connectivity index (χ1v) is 10.3. The van der Waals surface area contributed by atoms with Crippen molar-refractivity contribution in [2.24, 2.45) is 0 Å². The Labute approximate surface area is 173 Å². The predicted molar refractivity (Wildman–Crippen MR) is 116 cm³/mol. The number of nitrogens with zero attached hydrogens (tertiary/aromatic N) is 2. The van der Waals surface area contributed by atoms with Crippen LogP contribution < -0.4 is 0 Å². The Balaban J connectivity index is 1.71. The number of rotatable bonds is 8. The van der Waals surface area contributed by atoms with Crippen LogP contribution in [0.4, 0.5) is 0 Å². The molecule has 3 rings (SSSR count). The Morgan fingerprint density at radius 2 is 1.79 bits per heavy atom. The van der Waals surface area contributed by atoms with Gasteiger partial charge in [0.15, 0.2) is 5.76 Å². The molecule has 0 saturated carbocycles. The second-order valence-corrected chi connectivity index (χ2v) is 7.68. The topological polar surface area (TPSA) is 46.3 Å². The molecule has 0 aliphatic carbocycles. The van der Waals surface area contributed by atoms with E-state index in [0.29, 0.717) is 25.3 Å². The van der Waals surface area contributed by atoms with Gasteiger partial charge in [0.1, 0.15) is 5.76 Å². The van der Waals surface area contributed by atoms with Crippen molar-refractivity contribution in [2.45, 2.75) is 47.0 Å². The van der Waals surface area contributed by atoms with Crippen LogP contribution in [0.2, 0.25) is 0 Å². The highest BCUT2D eigenvalue weighted by Gasteiger charge is 2.19. The van der Waals surface area contributed by atoms with Crippen molar-refractivity contribution in [3.63, 3.8) is 0 Å². The van der Waals surface area contributed by atoms with E-state index in [9.17, 15) is 4.79 Å². The lowest BCUT2D eigenvalue weighted by Crippen LogP contribution is -2.33. The van der Waals surface area contributed by atoms with Crippen LogP contribution in [0, 0.1) is 20.8 Å². The Morgan fingerprint density at radius 3 is 2.45 bits per heavy atom. The number of amides is 1. The maximum Gasteiger partial charge on any atom is 0.289 e. The van der Waals surface area contributed by atoms with Crippen molar-refractivity contribution in [1.82, 2.24) is 9.88 Å². The molecule has 3 aromatic rings. The molecule has 0 aliphatic heterocycles.